The Bertz CT molecular complexity index is 709. The Morgan fingerprint density at radius 3 is 2.50 bits per heavy atom. The SMILES string of the molecule is O=C(CCc1ccccc1O)Nc1ccc(CCN2CCOCC2)cc1. The van der Waals surface area contributed by atoms with E-state index < -0.39 is 0 Å². The number of carbonyl (C=O) groups is 1. The van der Waals surface area contributed by atoms with Gasteiger partial charge in [0.2, 0.25) is 5.91 Å². The minimum Gasteiger partial charge on any atom is -0.508 e. The number of nitrogens with zero attached hydrogens (tertiary/aromatic N) is 1. The number of morpholine rings is 1. The zero-order valence-corrected chi connectivity index (χ0v) is 15.0. The van der Waals surface area contributed by atoms with Crippen LogP contribution in [-0.2, 0) is 22.4 Å². The van der Waals surface area contributed by atoms with E-state index in [4.69, 9.17) is 4.74 Å². The van der Waals surface area contributed by atoms with Crippen molar-refractivity contribution in [3.8, 4) is 5.75 Å². The van der Waals surface area contributed by atoms with Crippen LogP contribution in [0.2, 0.25) is 0 Å². The van der Waals surface area contributed by atoms with E-state index in [-0.39, 0.29) is 11.7 Å². The lowest BCUT2D eigenvalue weighted by molar-refractivity contribution is -0.116. The lowest BCUT2D eigenvalue weighted by Crippen LogP contribution is -2.37. The number of benzene rings is 2. The number of carbonyl (C=O) groups excluding carboxylic acids is 1. The smallest absolute Gasteiger partial charge is 0.224 e. The first-order valence-corrected chi connectivity index (χ1v) is 9.16. The van der Waals surface area contributed by atoms with Gasteiger partial charge in [0.15, 0.2) is 0 Å². The van der Waals surface area contributed by atoms with Crippen LogP contribution in [0.25, 0.3) is 0 Å². The largest absolute Gasteiger partial charge is 0.508 e. The first-order valence-electron chi connectivity index (χ1n) is 9.16. The summed E-state index contributed by atoms with van der Waals surface area (Å²) >= 11 is 0. The van der Waals surface area contributed by atoms with Crippen molar-refractivity contribution in [2.24, 2.45) is 0 Å². The van der Waals surface area contributed by atoms with E-state index in [0.717, 1.165) is 50.5 Å². The Morgan fingerprint density at radius 2 is 1.77 bits per heavy atom. The quantitative estimate of drug-likeness (QED) is 0.803. The molecule has 1 saturated heterocycles. The fraction of sp³-hybridized carbons (Fsp3) is 0.381. The highest BCUT2D eigenvalue weighted by Crippen LogP contribution is 2.18. The van der Waals surface area contributed by atoms with Crippen LogP contribution in [0.1, 0.15) is 17.5 Å². The second kappa shape index (κ2) is 9.36. The molecule has 1 heterocycles. The van der Waals surface area contributed by atoms with E-state index in [2.05, 4.69) is 22.3 Å². The summed E-state index contributed by atoms with van der Waals surface area (Å²) in [6, 6.07) is 15.2. The highest BCUT2D eigenvalue weighted by molar-refractivity contribution is 5.90. The van der Waals surface area contributed by atoms with Gasteiger partial charge in [-0.25, -0.2) is 0 Å². The molecule has 1 aliphatic rings. The van der Waals surface area contributed by atoms with Crippen molar-refractivity contribution < 1.29 is 14.6 Å². The van der Waals surface area contributed by atoms with Crippen molar-refractivity contribution in [1.29, 1.82) is 0 Å². The van der Waals surface area contributed by atoms with Gasteiger partial charge in [0, 0.05) is 31.7 Å². The van der Waals surface area contributed by atoms with Crippen molar-refractivity contribution in [3.63, 3.8) is 0 Å². The summed E-state index contributed by atoms with van der Waals surface area (Å²) in [6.45, 7) is 4.70. The van der Waals surface area contributed by atoms with E-state index >= 15 is 0 Å². The van der Waals surface area contributed by atoms with Gasteiger partial charge in [-0.05, 0) is 42.2 Å². The summed E-state index contributed by atoms with van der Waals surface area (Å²) in [7, 11) is 0. The Kier molecular flexibility index (Phi) is 6.63. The number of phenols is 1. The molecule has 2 N–H and O–H groups in total. The number of phenolic OH excluding ortho intramolecular Hbond substituents is 1. The monoisotopic (exact) mass is 354 g/mol. The van der Waals surface area contributed by atoms with Crippen molar-refractivity contribution in [3.05, 3.63) is 59.7 Å². The minimum atomic E-state index is -0.0469. The summed E-state index contributed by atoms with van der Waals surface area (Å²) in [6.07, 6.45) is 1.87. The van der Waals surface area contributed by atoms with Crippen LogP contribution in [0.5, 0.6) is 5.75 Å². The molecule has 1 fully saturated rings. The van der Waals surface area contributed by atoms with E-state index in [9.17, 15) is 9.90 Å². The minimum absolute atomic E-state index is 0.0469. The Labute approximate surface area is 154 Å². The third kappa shape index (κ3) is 5.58. The molecular weight excluding hydrogens is 328 g/mol. The second-order valence-corrected chi connectivity index (χ2v) is 6.58. The zero-order chi connectivity index (χ0) is 18.2. The number of para-hydroxylation sites is 1. The molecule has 0 aromatic heterocycles. The van der Waals surface area contributed by atoms with Crippen LogP contribution in [0, 0.1) is 0 Å². The molecule has 2 aromatic rings. The van der Waals surface area contributed by atoms with E-state index in [1.54, 1.807) is 12.1 Å². The highest BCUT2D eigenvalue weighted by Gasteiger charge is 2.10. The number of amides is 1. The van der Waals surface area contributed by atoms with E-state index in [1.807, 2.05) is 24.3 Å². The van der Waals surface area contributed by atoms with E-state index in [1.165, 1.54) is 5.56 Å². The molecule has 3 rings (SSSR count). The molecule has 0 unspecified atom stereocenters. The molecule has 0 bridgehead atoms. The average molecular weight is 354 g/mol. The fourth-order valence-corrected chi connectivity index (χ4v) is 3.06. The summed E-state index contributed by atoms with van der Waals surface area (Å²) < 4.78 is 5.36. The van der Waals surface area contributed by atoms with Crippen LogP contribution in [-0.4, -0.2) is 48.8 Å². The molecule has 2 aromatic carbocycles. The Hall–Kier alpha value is -2.37. The highest BCUT2D eigenvalue weighted by atomic mass is 16.5. The molecular formula is C21H26N2O3. The number of aromatic hydroxyl groups is 1. The van der Waals surface area contributed by atoms with Gasteiger partial charge in [-0.15, -0.1) is 0 Å². The predicted molar refractivity (Wildman–Crippen MR) is 102 cm³/mol. The predicted octanol–water partition coefficient (Wildman–Crippen LogP) is 2.84. The molecule has 0 saturated carbocycles. The van der Waals surface area contributed by atoms with Crippen LogP contribution in [0.3, 0.4) is 0 Å². The molecule has 138 valence electrons. The normalized spacial score (nSPS) is 14.9. The van der Waals surface area contributed by atoms with Gasteiger partial charge < -0.3 is 15.2 Å². The van der Waals surface area contributed by atoms with E-state index in [0.29, 0.717) is 12.8 Å². The van der Waals surface area contributed by atoms with Crippen molar-refractivity contribution in [2.45, 2.75) is 19.3 Å². The Morgan fingerprint density at radius 1 is 1.04 bits per heavy atom. The third-order valence-corrected chi connectivity index (χ3v) is 4.67. The van der Waals surface area contributed by atoms with Gasteiger partial charge in [0.05, 0.1) is 13.2 Å². The summed E-state index contributed by atoms with van der Waals surface area (Å²) in [5.41, 5.74) is 2.87. The summed E-state index contributed by atoms with van der Waals surface area (Å²) in [5, 5.41) is 12.7. The van der Waals surface area contributed by atoms with Crippen LogP contribution in [0.15, 0.2) is 48.5 Å². The number of anilines is 1. The van der Waals surface area contributed by atoms with Crippen LogP contribution in [0.4, 0.5) is 5.69 Å². The second-order valence-electron chi connectivity index (χ2n) is 6.58. The molecule has 0 atom stereocenters. The number of nitrogens with one attached hydrogen (secondary N) is 1. The lowest BCUT2D eigenvalue weighted by atomic mass is 10.1. The fourth-order valence-electron chi connectivity index (χ4n) is 3.06. The zero-order valence-electron chi connectivity index (χ0n) is 15.0. The molecule has 0 spiro atoms. The maximum absolute atomic E-state index is 12.1. The van der Waals surface area contributed by atoms with Crippen LogP contribution >= 0.6 is 0 Å². The van der Waals surface area contributed by atoms with Gasteiger partial charge in [-0.3, -0.25) is 9.69 Å². The number of hydrogen-bond donors (Lipinski definition) is 2. The van der Waals surface area contributed by atoms with Gasteiger partial charge in [0.1, 0.15) is 5.75 Å². The maximum Gasteiger partial charge on any atom is 0.224 e. The number of hydrogen-bond acceptors (Lipinski definition) is 4. The average Bonchev–Trinajstić information content (AvgIpc) is 2.68. The third-order valence-electron chi connectivity index (χ3n) is 4.67. The summed E-state index contributed by atoms with van der Waals surface area (Å²) in [5.74, 6) is 0.194. The maximum atomic E-state index is 12.1. The van der Waals surface area contributed by atoms with Crippen molar-refractivity contribution in [2.75, 3.05) is 38.2 Å². The summed E-state index contributed by atoms with van der Waals surface area (Å²) in [4.78, 5) is 14.5. The van der Waals surface area contributed by atoms with Crippen molar-refractivity contribution in [1.82, 2.24) is 4.90 Å². The molecule has 0 aliphatic carbocycles. The first-order chi connectivity index (χ1) is 12.7. The number of aryl methyl sites for hydroxylation is 1. The molecule has 5 heteroatoms. The van der Waals surface area contributed by atoms with Crippen LogP contribution < -0.4 is 5.32 Å². The molecule has 1 aliphatic heterocycles. The standard InChI is InChI=1S/C21H26N2O3/c24-20-4-2-1-3-18(20)7-10-21(25)22-19-8-5-17(6-9-19)11-12-23-13-15-26-16-14-23/h1-6,8-9,24H,7,10-16H2,(H,22,25). The molecule has 0 radical (unpaired) electrons. The molecule has 1 amide bonds. The Balaban J connectivity index is 1.43. The van der Waals surface area contributed by atoms with Gasteiger partial charge in [-0.2, -0.15) is 0 Å². The first kappa shape index (κ1) is 18.4. The number of rotatable bonds is 7. The lowest BCUT2D eigenvalue weighted by Gasteiger charge is -2.26. The molecule has 26 heavy (non-hydrogen) atoms. The van der Waals surface area contributed by atoms with Gasteiger partial charge in [0.25, 0.3) is 0 Å². The van der Waals surface area contributed by atoms with Gasteiger partial charge >= 0.3 is 0 Å². The topological polar surface area (TPSA) is 61.8 Å². The number of ether oxygens (including phenoxy) is 1. The van der Waals surface area contributed by atoms with Crippen molar-refractivity contribution >= 4 is 11.6 Å². The van der Waals surface area contributed by atoms with Gasteiger partial charge in [-0.1, -0.05) is 30.3 Å². The molecule has 5 nitrogen and oxygen atoms in total.